The van der Waals surface area contributed by atoms with Crippen LogP contribution in [0.1, 0.15) is 24.1 Å². The molecule has 1 fully saturated rings. The molecule has 26 heavy (non-hydrogen) atoms. The Bertz CT molecular complexity index is 947. The van der Waals surface area contributed by atoms with E-state index in [0.29, 0.717) is 11.3 Å². The highest BCUT2D eigenvalue weighted by Gasteiger charge is 2.24. The molecule has 0 radical (unpaired) electrons. The smallest absolute Gasteiger partial charge is 0.219 e. The Morgan fingerprint density at radius 1 is 1.31 bits per heavy atom. The first-order valence-corrected chi connectivity index (χ1v) is 8.70. The van der Waals surface area contributed by atoms with Gasteiger partial charge in [-0.1, -0.05) is 0 Å². The number of hydrogen-bond acceptors (Lipinski definition) is 5. The molecule has 0 amide bonds. The predicted molar refractivity (Wildman–Crippen MR) is 97.6 cm³/mol. The number of aliphatic hydroxyl groups excluding tert-OH is 1. The van der Waals surface area contributed by atoms with Gasteiger partial charge in [-0.15, -0.1) is 0 Å². The first kappa shape index (κ1) is 16.7. The summed E-state index contributed by atoms with van der Waals surface area (Å²) in [6.07, 6.45) is 2.71. The molecule has 3 heterocycles. The van der Waals surface area contributed by atoms with Crippen molar-refractivity contribution < 1.29 is 14.2 Å². The number of halogens is 1. The fourth-order valence-electron chi connectivity index (χ4n) is 3.36. The number of benzene rings is 1. The zero-order chi connectivity index (χ0) is 18.1. The molecule has 1 aliphatic rings. The van der Waals surface area contributed by atoms with E-state index < -0.39 is 12.2 Å². The maximum atomic E-state index is 13.6. The average Bonchev–Trinajstić information content (AvgIpc) is 3.06. The van der Waals surface area contributed by atoms with Gasteiger partial charge in [0.05, 0.1) is 5.52 Å². The molecule has 1 N–H and O–H groups in total. The largest absolute Gasteiger partial charge is 0.489 e. The lowest BCUT2D eigenvalue weighted by Crippen LogP contribution is -2.28. The molecule has 5 nitrogen and oxygen atoms in total. The maximum absolute atomic E-state index is 13.6. The molecule has 0 unspecified atom stereocenters. The zero-order valence-corrected chi connectivity index (χ0v) is 14.5. The van der Waals surface area contributed by atoms with E-state index in [4.69, 9.17) is 4.74 Å². The van der Waals surface area contributed by atoms with E-state index in [1.54, 1.807) is 12.1 Å². The van der Waals surface area contributed by atoms with E-state index in [0.717, 1.165) is 41.7 Å². The van der Waals surface area contributed by atoms with Crippen LogP contribution in [-0.4, -0.2) is 27.8 Å². The van der Waals surface area contributed by atoms with Crippen molar-refractivity contribution in [1.82, 2.24) is 9.97 Å². The summed E-state index contributed by atoms with van der Waals surface area (Å²) in [5.74, 6) is 0.0966. The van der Waals surface area contributed by atoms with Crippen molar-refractivity contribution >= 4 is 16.6 Å². The highest BCUT2D eigenvalue weighted by molar-refractivity contribution is 5.93. The van der Waals surface area contributed by atoms with E-state index in [9.17, 15) is 9.50 Å². The third-order valence-corrected chi connectivity index (χ3v) is 4.65. The van der Waals surface area contributed by atoms with E-state index in [1.165, 1.54) is 6.20 Å². The standard InChI is InChI=1S/C20H20FN3O2/c1-13-10-18(24-9-3-5-19(24)25)16-7-6-15(11-17(16)23-13)26-12-14-4-2-8-22-20(14)21/h2,4,6-8,10-11,19,25H,3,5,9,12H2,1H3/t19-/m1/s1. The van der Waals surface area contributed by atoms with Crippen molar-refractivity contribution in [3.05, 3.63) is 59.8 Å². The van der Waals surface area contributed by atoms with Gasteiger partial charge in [-0.3, -0.25) is 4.98 Å². The molecule has 1 atom stereocenters. The van der Waals surface area contributed by atoms with Gasteiger partial charge in [0.25, 0.3) is 0 Å². The minimum absolute atomic E-state index is 0.106. The Labute approximate surface area is 151 Å². The number of rotatable bonds is 4. The summed E-state index contributed by atoms with van der Waals surface area (Å²) in [4.78, 5) is 10.2. The Kier molecular flexibility index (Phi) is 4.42. The summed E-state index contributed by atoms with van der Waals surface area (Å²) < 4.78 is 19.4. The maximum Gasteiger partial charge on any atom is 0.219 e. The van der Waals surface area contributed by atoms with Gasteiger partial charge in [0.1, 0.15) is 18.6 Å². The number of pyridine rings is 2. The molecule has 6 heteroatoms. The highest BCUT2D eigenvalue weighted by atomic mass is 19.1. The zero-order valence-electron chi connectivity index (χ0n) is 14.5. The minimum atomic E-state index is -0.521. The molecular formula is C20H20FN3O2. The van der Waals surface area contributed by atoms with Crippen LogP contribution in [0.2, 0.25) is 0 Å². The van der Waals surface area contributed by atoms with Crippen molar-refractivity contribution in [2.75, 3.05) is 11.4 Å². The van der Waals surface area contributed by atoms with Gasteiger partial charge < -0.3 is 14.7 Å². The second kappa shape index (κ2) is 6.88. The fourth-order valence-corrected chi connectivity index (χ4v) is 3.36. The number of aliphatic hydroxyl groups is 1. The van der Waals surface area contributed by atoms with Crippen LogP contribution in [0.3, 0.4) is 0 Å². The third-order valence-electron chi connectivity index (χ3n) is 4.65. The number of anilines is 1. The molecule has 1 saturated heterocycles. The van der Waals surface area contributed by atoms with Crippen molar-refractivity contribution in [2.24, 2.45) is 0 Å². The molecule has 0 saturated carbocycles. The second-order valence-electron chi connectivity index (χ2n) is 6.52. The van der Waals surface area contributed by atoms with E-state index in [-0.39, 0.29) is 6.61 Å². The van der Waals surface area contributed by atoms with Crippen LogP contribution >= 0.6 is 0 Å². The molecule has 3 aromatic rings. The number of fused-ring (bicyclic) bond motifs is 1. The van der Waals surface area contributed by atoms with Gasteiger partial charge >= 0.3 is 0 Å². The normalized spacial score (nSPS) is 17.0. The molecule has 0 bridgehead atoms. The number of hydrogen-bond donors (Lipinski definition) is 1. The Morgan fingerprint density at radius 3 is 2.96 bits per heavy atom. The van der Waals surface area contributed by atoms with E-state index >= 15 is 0 Å². The van der Waals surface area contributed by atoms with Crippen LogP contribution in [0.25, 0.3) is 10.9 Å². The Hall–Kier alpha value is -2.73. The van der Waals surface area contributed by atoms with Gasteiger partial charge in [-0.2, -0.15) is 4.39 Å². The summed E-state index contributed by atoms with van der Waals surface area (Å²) in [7, 11) is 0. The van der Waals surface area contributed by atoms with Crippen LogP contribution in [0.4, 0.5) is 10.1 Å². The number of nitrogens with zero attached hydrogens (tertiary/aromatic N) is 3. The Morgan fingerprint density at radius 2 is 2.19 bits per heavy atom. The lowest BCUT2D eigenvalue weighted by Gasteiger charge is -2.24. The molecule has 0 aliphatic carbocycles. The lowest BCUT2D eigenvalue weighted by molar-refractivity contribution is 0.186. The molecule has 2 aromatic heterocycles. The molecule has 4 rings (SSSR count). The topological polar surface area (TPSA) is 58.5 Å². The number of aromatic nitrogens is 2. The van der Waals surface area contributed by atoms with Crippen molar-refractivity contribution in [2.45, 2.75) is 32.6 Å². The van der Waals surface area contributed by atoms with Crippen molar-refractivity contribution in [3.63, 3.8) is 0 Å². The summed E-state index contributed by atoms with van der Waals surface area (Å²) >= 11 is 0. The Balaban J connectivity index is 1.64. The minimum Gasteiger partial charge on any atom is -0.489 e. The molecular weight excluding hydrogens is 333 g/mol. The number of aryl methyl sites for hydroxylation is 1. The van der Waals surface area contributed by atoms with Gasteiger partial charge in [0, 0.05) is 41.1 Å². The average molecular weight is 353 g/mol. The van der Waals surface area contributed by atoms with Crippen LogP contribution in [-0.2, 0) is 6.61 Å². The quantitative estimate of drug-likeness (QED) is 0.727. The van der Waals surface area contributed by atoms with Gasteiger partial charge in [0.2, 0.25) is 5.95 Å². The summed E-state index contributed by atoms with van der Waals surface area (Å²) in [5, 5.41) is 11.2. The molecule has 1 aromatic carbocycles. The summed E-state index contributed by atoms with van der Waals surface area (Å²) in [6, 6.07) is 11.0. The highest BCUT2D eigenvalue weighted by Crippen LogP contribution is 2.33. The van der Waals surface area contributed by atoms with Crippen molar-refractivity contribution in [3.8, 4) is 5.75 Å². The SMILES string of the molecule is Cc1cc(N2CCC[C@H]2O)c2ccc(OCc3cccnc3F)cc2n1. The monoisotopic (exact) mass is 353 g/mol. The second-order valence-corrected chi connectivity index (χ2v) is 6.52. The van der Waals surface area contributed by atoms with Gasteiger partial charge in [0.15, 0.2) is 0 Å². The molecule has 0 spiro atoms. The first-order chi connectivity index (χ1) is 12.6. The van der Waals surface area contributed by atoms with E-state index in [1.807, 2.05) is 36.1 Å². The van der Waals surface area contributed by atoms with Crippen LogP contribution in [0.5, 0.6) is 5.75 Å². The predicted octanol–water partition coefficient (Wildman–Crippen LogP) is 3.57. The fraction of sp³-hybridized carbons (Fsp3) is 0.300. The van der Waals surface area contributed by atoms with Crippen LogP contribution in [0, 0.1) is 12.9 Å². The third kappa shape index (κ3) is 3.20. The van der Waals surface area contributed by atoms with Crippen molar-refractivity contribution in [1.29, 1.82) is 0 Å². The lowest BCUT2D eigenvalue weighted by atomic mass is 10.1. The van der Waals surface area contributed by atoms with Crippen LogP contribution < -0.4 is 9.64 Å². The first-order valence-electron chi connectivity index (χ1n) is 8.70. The summed E-state index contributed by atoms with van der Waals surface area (Å²) in [6.45, 7) is 2.87. The summed E-state index contributed by atoms with van der Waals surface area (Å²) in [5.41, 5.74) is 3.07. The van der Waals surface area contributed by atoms with Gasteiger partial charge in [-0.05, 0) is 50.1 Å². The van der Waals surface area contributed by atoms with Gasteiger partial charge in [-0.25, -0.2) is 4.98 Å². The molecule has 1 aliphatic heterocycles. The number of ether oxygens (including phenoxy) is 1. The van der Waals surface area contributed by atoms with E-state index in [2.05, 4.69) is 9.97 Å². The molecule has 134 valence electrons. The van der Waals surface area contributed by atoms with Crippen LogP contribution in [0.15, 0.2) is 42.6 Å².